The summed E-state index contributed by atoms with van der Waals surface area (Å²) in [6, 6.07) is 0. The molecule has 0 saturated carbocycles. The zero-order valence-corrected chi connectivity index (χ0v) is 5.82. The normalized spacial score (nSPS) is 24.7. The molecule has 3 nitrogen and oxygen atoms in total. The third kappa shape index (κ3) is 2.67. The standard InChI is InChI=1S/C5H9NO2.ClH/c7-4-8-5-1-2-6-3-5;/h4-6H,1-3H2;1H. The molecule has 1 N–H and O–H groups in total. The van der Waals surface area contributed by atoms with Crippen LogP contribution in [-0.4, -0.2) is 25.7 Å². The second-order valence-electron chi connectivity index (χ2n) is 1.85. The molecule has 0 aromatic heterocycles. The Balaban J connectivity index is 0.000000640. The van der Waals surface area contributed by atoms with Gasteiger partial charge in [0.25, 0.3) is 6.47 Å². The SMILES string of the molecule is Cl.O=COC1CCNC1. The third-order valence-electron chi connectivity index (χ3n) is 1.26. The number of carbonyl (C=O) groups excluding carboxylic acids is 1. The van der Waals surface area contributed by atoms with Gasteiger partial charge in [-0.1, -0.05) is 0 Å². The van der Waals surface area contributed by atoms with Gasteiger partial charge in [0.05, 0.1) is 0 Å². The van der Waals surface area contributed by atoms with Gasteiger partial charge < -0.3 is 10.1 Å². The average Bonchev–Trinajstić information content (AvgIpc) is 2.19. The van der Waals surface area contributed by atoms with E-state index >= 15 is 0 Å². The number of ether oxygens (including phenoxy) is 1. The molecule has 0 radical (unpaired) electrons. The predicted octanol–water partition coefficient (Wildman–Crippen LogP) is -0.0569. The van der Waals surface area contributed by atoms with Gasteiger partial charge in [-0.2, -0.15) is 0 Å². The minimum atomic E-state index is 0. The van der Waals surface area contributed by atoms with Crippen LogP contribution < -0.4 is 5.32 Å². The van der Waals surface area contributed by atoms with Crippen LogP contribution in [0, 0.1) is 0 Å². The number of rotatable bonds is 2. The maximum absolute atomic E-state index is 9.71. The fraction of sp³-hybridized carbons (Fsp3) is 0.800. The smallest absolute Gasteiger partial charge is 0.293 e. The number of hydrogen-bond donors (Lipinski definition) is 1. The highest BCUT2D eigenvalue weighted by atomic mass is 35.5. The molecule has 1 aliphatic rings. The lowest BCUT2D eigenvalue weighted by molar-refractivity contribution is -0.132. The summed E-state index contributed by atoms with van der Waals surface area (Å²) >= 11 is 0. The summed E-state index contributed by atoms with van der Waals surface area (Å²) in [5.41, 5.74) is 0. The van der Waals surface area contributed by atoms with Crippen molar-refractivity contribution in [1.82, 2.24) is 5.32 Å². The van der Waals surface area contributed by atoms with Gasteiger partial charge in [0, 0.05) is 6.54 Å². The molecule has 1 aliphatic heterocycles. The van der Waals surface area contributed by atoms with Crippen molar-refractivity contribution in [3.05, 3.63) is 0 Å². The molecule has 0 spiro atoms. The van der Waals surface area contributed by atoms with Crippen molar-refractivity contribution in [1.29, 1.82) is 0 Å². The van der Waals surface area contributed by atoms with Gasteiger partial charge in [-0.3, -0.25) is 4.79 Å². The molecule has 0 amide bonds. The molecule has 1 saturated heterocycles. The van der Waals surface area contributed by atoms with Gasteiger partial charge in [0.2, 0.25) is 0 Å². The molecule has 1 fully saturated rings. The molecule has 0 aromatic rings. The van der Waals surface area contributed by atoms with Gasteiger partial charge in [-0.05, 0) is 13.0 Å². The van der Waals surface area contributed by atoms with Crippen LogP contribution in [0.3, 0.4) is 0 Å². The van der Waals surface area contributed by atoms with Gasteiger partial charge in [-0.25, -0.2) is 0 Å². The van der Waals surface area contributed by atoms with Crippen molar-refractivity contribution in [3.63, 3.8) is 0 Å². The maximum atomic E-state index is 9.71. The van der Waals surface area contributed by atoms with E-state index in [2.05, 4.69) is 10.1 Å². The Morgan fingerprint density at radius 3 is 2.89 bits per heavy atom. The molecule has 0 bridgehead atoms. The molecule has 1 rings (SSSR count). The summed E-state index contributed by atoms with van der Waals surface area (Å²) < 4.78 is 4.66. The summed E-state index contributed by atoms with van der Waals surface area (Å²) in [7, 11) is 0. The number of halogens is 1. The zero-order valence-electron chi connectivity index (χ0n) is 5.00. The predicted molar refractivity (Wildman–Crippen MR) is 35.7 cm³/mol. The quantitative estimate of drug-likeness (QED) is 0.563. The largest absolute Gasteiger partial charge is 0.463 e. The van der Waals surface area contributed by atoms with Crippen molar-refractivity contribution in [2.75, 3.05) is 13.1 Å². The molecule has 9 heavy (non-hydrogen) atoms. The van der Waals surface area contributed by atoms with Crippen molar-refractivity contribution in [2.45, 2.75) is 12.5 Å². The van der Waals surface area contributed by atoms with Crippen molar-refractivity contribution in [2.24, 2.45) is 0 Å². The van der Waals surface area contributed by atoms with E-state index < -0.39 is 0 Å². The summed E-state index contributed by atoms with van der Waals surface area (Å²) in [5, 5.41) is 3.07. The van der Waals surface area contributed by atoms with Crippen molar-refractivity contribution < 1.29 is 9.53 Å². The van der Waals surface area contributed by atoms with Crippen LogP contribution in [-0.2, 0) is 9.53 Å². The van der Waals surface area contributed by atoms with E-state index in [0.29, 0.717) is 6.47 Å². The Hall–Kier alpha value is -0.280. The van der Waals surface area contributed by atoms with Crippen LogP contribution in [0.4, 0.5) is 0 Å². The summed E-state index contributed by atoms with van der Waals surface area (Å²) in [6.45, 7) is 2.30. The van der Waals surface area contributed by atoms with Gasteiger partial charge in [-0.15, -0.1) is 12.4 Å². The first-order valence-corrected chi connectivity index (χ1v) is 2.73. The van der Waals surface area contributed by atoms with E-state index in [1.165, 1.54) is 0 Å². The number of hydrogen-bond acceptors (Lipinski definition) is 3. The van der Waals surface area contributed by atoms with E-state index in [9.17, 15) is 4.79 Å². The molecule has 4 heteroatoms. The second-order valence-corrected chi connectivity index (χ2v) is 1.85. The molecule has 1 heterocycles. The van der Waals surface area contributed by atoms with Gasteiger partial charge in [0.1, 0.15) is 6.10 Å². The highest BCUT2D eigenvalue weighted by molar-refractivity contribution is 5.85. The summed E-state index contributed by atoms with van der Waals surface area (Å²) in [6.07, 6.45) is 1.09. The van der Waals surface area contributed by atoms with Crippen molar-refractivity contribution in [3.8, 4) is 0 Å². The highest BCUT2D eigenvalue weighted by Gasteiger charge is 2.13. The van der Waals surface area contributed by atoms with E-state index in [4.69, 9.17) is 0 Å². The van der Waals surface area contributed by atoms with Gasteiger partial charge in [0.15, 0.2) is 0 Å². The Morgan fingerprint density at radius 1 is 1.67 bits per heavy atom. The van der Waals surface area contributed by atoms with Crippen LogP contribution in [0.25, 0.3) is 0 Å². The fourth-order valence-corrected chi connectivity index (χ4v) is 0.823. The average molecular weight is 152 g/mol. The molecule has 0 aromatic carbocycles. The third-order valence-corrected chi connectivity index (χ3v) is 1.26. The Bertz CT molecular complexity index is 83.0. The molecular weight excluding hydrogens is 142 g/mol. The first-order valence-electron chi connectivity index (χ1n) is 2.73. The molecule has 1 atom stereocenters. The molecular formula is C5H10ClNO2. The van der Waals surface area contributed by atoms with Crippen LogP contribution >= 0.6 is 12.4 Å². The van der Waals surface area contributed by atoms with Crippen LogP contribution in [0.15, 0.2) is 0 Å². The van der Waals surface area contributed by atoms with E-state index in [1.54, 1.807) is 0 Å². The van der Waals surface area contributed by atoms with E-state index in [1.807, 2.05) is 0 Å². The van der Waals surface area contributed by atoms with Crippen molar-refractivity contribution >= 4 is 18.9 Å². The van der Waals surface area contributed by atoms with Crippen LogP contribution in [0.1, 0.15) is 6.42 Å². The lowest BCUT2D eigenvalue weighted by Crippen LogP contribution is -2.15. The topological polar surface area (TPSA) is 38.3 Å². The van der Waals surface area contributed by atoms with Crippen LogP contribution in [0.5, 0.6) is 0 Å². The monoisotopic (exact) mass is 151 g/mol. The molecule has 0 aliphatic carbocycles. The minimum Gasteiger partial charge on any atom is -0.463 e. The first kappa shape index (κ1) is 8.72. The fourth-order valence-electron chi connectivity index (χ4n) is 0.823. The lowest BCUT2D eigenvalue weighted by atomic mass is 10.3. The van der Waals surface area contributed by atoms with Gasteiger partial charge >= 0.3 is 0 Å². The maximum Gasteiger partial charge on any atom is 0.293 e. The minimum absolute atomic E-state index is 0. The Labute approximate surface area is 60.2 Å². The van der Waals surface area contributed by atoms with E-state index in [-0.39, 0.29) is 18.5 Å². The number of nitrogens with one attached hydrogen (secondary N) is 1. The Morgan fingerprint density at radius 2 is 2.44 bits per heavy atom. The van der Waals surface area contributed by atoms with E-state index in [0.717, 1.165) is 19.5 Å². The number of carbonyl (C=O) groups is 1. The molecule has 1 unspecified atom stereocenters. The summed E-state index contributed by atoms with van der Waals surface area (Å²) in [4.78, 5) is 9.71. The summed E-state index contributed by atoms with van der Waals surface area (Å²) in [5.74, 6) is 0. The lowest BCUT2D eigenvalue weighted by Gasteiger charge is -2.02. The molecule has 54 valence electrons. The van der Waals surface area contributed by atoms with Crippen LogP contribution in [0.2, 0.25) is 0 Å². The highest BCUT2D eigenvalue weighted by Crippen LogP contribution is 1.99. The second kappa shape index (κ2) is 4.58. The zero-order chi connectivity index (χ0) is 5.82. The Kier molecular flexibility index (Phi) is 4.44. The first-order chi connectivity index (χ1) is 3.93.